The molecular weight excluding hydrogens is 428 g/mol. The highest BCUT2D eigenvalue weighted by Crippen LogP contribution is 2.26. The molecular formula is C23H20N4O4S. The van der Waals surface area contributed by atoms with Crippen molar-refractivity contribution in [1.82, 2.24) is 9.97 Å². The van der Waals surface area contributed by atoms with Gasteiger partial charge in [-0.1, -0.05) is 42.5 Å². The summed E-state index contributed by atoms with van der Waals surface area (Å²) >= 11 is 0. The van der Waals surface area contributed by atoms with E-state index in [9.17, 15) is 18.3 Å². The predicted molar refractivity (Wildman–Crippen MR) is 123 cm³/mol. The molecule has 0 atom stereocenters. The molecule has 2 heterocycles. The van der Waals surface area contributed by atoms with E-state index < -0.39 is 16.0 Å². The molecule has 0 saturated heterocycles. The van der Waals surface area contributed by atoms with Gasteiger partial charge in [0.2, 0.25) is 10.0 Å². The van der Waals surface area contributed by atoms with E-state index in [0.717, 1.165) is 16.6 Å². The first kappa shape index (κ1) is 21.3. The van der Waals surface area contributed by atoms with Gasteiger partial charge < -0.3 is 15.4 Å². The Morgan fingerprint density at radius 3 is 2.50 bits per heavy atom. The summed E-state index contributed by atoms with van der Waals surface area (Å²) in [4.78, 5) is 19.3. The Morgan fingerprint density at radius 1 is 1.12 bits per heavy atom. The Bertz CT molecular complexity index is 1410. The quantitative estimate of drug-likeness (QED) is 0.320. The van der Waals surface area contributed by atoms with Crippen molar-refractivity contribution in [2.45, 2.75) is 11.4 Å². The number of pyridine rings is 1. The van der Waals surface area contributed by atoms with E-state index in [2.05, 4.69) is 15.3 Å². The van der Waals surface area contributed by atoms with Gasteiger partial charge in [-0.05, 0) is 35.4 Å². The largest absolute Gasteiger partial charge is 0.478 e. The van der Waals surface area contributed by atoms with Crippen molar-refractivity contribution in [2.75, 3.05) is 5.32 Å². The lowest BCUT2D eigenvalue weighted by atomic mass is 10.0. The number of H-pyrrole nitrogens is 1. The summed E-state index contributed by atoms with van der Waals surface area (Å²) in [5.74, 6) is -1.02. The van der Waals surface area contributed by atoms with Crippen molar-refractivity contribution >= 4 is 44.4 Å². The summed E-state index contributed by atoms with van der Waals surface area (Å²) in [6.45, 7) is 0.443. The monoisotopic (exact) mass is 448 g/mol. The predicted octanol–water partition coefficient (Wildman–Crippen LogP) is 3.45. The van der Waals surface area contributed by atoms with E-state index in [1.165, 1.54) is 12.1 Å². The lowest BCUT2D eigenvalue weighted by Crippen LogP contribution is -2.12. The number of fused-ring (bicyclic) bond motifs is 1. The Hall–Kier alpha value is -3.95. The van der Waals surface area contributed by atoms with E-state index in [0.29, 0.717) is 23.3 Å². The molecule has 0 unspecified atom stereocenters. The number of anilines is 1. The molecule has 0 aliphatic rings. The summed E-state index contributed by atoms with van der Waals surface area (Å²) in [7, 11) is -3.73. The van der Waals surface area contributed by atoms with Crippen LogP contribution in [0.15, 0.2) is 78.0 Å². The smallest absolute Gasteiger partial charge is 0.336 e. The number of carboxylic acid groups (broad SMARTS) is 1. The molecule has 0 aliphatic carbocycles. The molecule has 0 radical (unpaired) electrons. The highest BCUT2D eigenvalue weighted by atomic mass is 32.2. The fraction of sp³-hybridized carbons (Fsp3) is 0.0435. The number of primary sulfonamides is 1. The molecule has 2 aromatic carbocycles. The Morgan fingerprint density at radius 2 is 1.84 bits per heavy atom. The number of aromatic nitrogens is 2. The SMILES string of the molecule is NS(=O)(=O)c1ccc(CNc2cnc3[nH]cc(C=C(C(=O)O)c4ccccc4)c3c2)cc1. The second kappa shape index (κ2) is 8.66. The van der Waals surface area contributed by atoms with Gasteiger partial charge in [-0.2, -0.15) is 0 Å². The number of nitrogens with zero attached hydrogens (tertiary/aromatic N) is 1. The molecule has 0 bridgehead atoms. The first-order valence-electron chi connectivity index (χ1n) is 9.64. The Labute approximate surface area is 184 Å². The third-order valence-electron chi connectivity index (χ3n) is 4.93. The summed E-state index contributed by atoms with van der Waals surface area (Å²) in [5, 5.41) is 18.8. The number of hydrogen-bond donors (Lipinski definition) is 4. The number of aromatic amines is 1. The van der Waals surface area contributed by atoms with Crippen molar-refractivity contribution in [1.29, 1.82) is 0 Å². The highest BCUT2D eigenvalue weighted by Gasteiger charge is 2.13. The normalized spacial score (nSPS) is 12.1. The van der Waals surface area contributed by atoms with Gasteiger partial charge in [-0.15, -0.1) is 0 Å². The maximum atomic E-state index is 11.8. The number of benzene rings is 2. The minimum absolute atomic E-state index is 0.0562. The van der Waals surface area contributed by atoms with Gasteiger partial charge >= 0.3 is 5.97 Å². The maximum Gasteiger partial charge on any atom is 0.336 e. The Kier molecular flexibility index (Phi) is 5.76. The molecule has 0 fully saturated rings. The molecule has 0 saturated carbocycles. The average molecular weight is 449 g/mol. The number of carboxylic acids is 1. The number of carbonyl (C=O) groups is 1. The summed E-state index contributed by atoms with van der Waals surface area (Å²) in [6.07, 6.45) is 5.01. The van der Waals surface area contributed by atoms with E-state index in [4.69, 9.17) is 5.14 Å². The van der Waals surface area contributed by atoms with Crippen LogP contribution in [0.4, 0.5) is 5.69 Å². The second-order valence-electron chi connectivity index (χ2n) is 7.14. The summed E-state index contributed by atoms with van der Waals surface area (Å²) in [6, 6.07) is 17.1. The highest BCUT2D eigenvalue weighted by molar-refractivity contribution is 7.89. The van der Waals surface area contributed by atoms with Crippen LogP contribution in [0.2, 0.25) is 0 Å². The average Bonchev–Trinajstić information content (AvgIpc) is 3.18. The fourth-order valence-corrected chi connectivity index (χ4v) is 3.80. The van der Waals surface area contributed by atoms with Gasteiger partial charge in [0.1, 0.15) is 5.65 Å². The van der Waals surface area contributed by atoms with Gasteiger partial charge in [0.25, 0.3) is 0 Å². The van der Waals surface area contributed by atoms with E-state index in [-0.39, 0.29) is 10.5 Å². The second-order valence-corrected chi connectivity index (χ2v) is 8.70. The molecule has 8 nitrogen and oxygen atoms in total. The minimum atomic E-state index is -3.73. The van der Waals surface area contributed by atoms with Crippen LogP contribution in [0.1, 0.15) is 16.7 Å². The standard InChI is InChI=1S/C23H20N4O4S/c24-32(30,31)19-8-6-15(7-9-19)12-25-18-11-20-17(13-26-22(20)27-14-18)10-21(23(28)29)16-4-2-1-3-5-16/h1-11,13-14,25H,12H2,(H,26,27)(H,28,29)(H2,24,30,31). The van der Waals surface area contributed by atoms with Gasteiger partial charge in [-0.25, -0.2) is 23.3 Å². The van der Waals surface area contributed by atoms with Crippen LogP contribution in [0.25, 0.3) is 22.7 Å². The molecule has 162 valence electrons. The number of sulfonamides is 1. The van der Waals surface area contributed by atoms with E-state index in [1.807, 2.05) is 12.1 Å². The summed E-state index contributed by atoms with van der Waals surface area (Å²) < 4.78 is 22.7. The number of aliphatic carboxylic acids is 1. The summed E-state index contributed by atoms with van der Waals surface area (Å²) in [5.41, 5.74) is 3.73. The van der Waals surface area contributed by atoms with Crippen LogP contribution < -0.4 is 10.5 Å². The van der Waals surface area contributed by atoms with Crippen molar-refractivity contribution in [3.8, 4) is 0 Å². The van der Waals surface area contributed by atoms with Crippen LogP contribution >= 0.6 is 0 Å². The van der Waals surface area contributed by atoms with Crippen molar-refractivity contribution < 1.29 is 18.3 Å². The van der Waals surface area contributed by atoms with Crippen LogP contribution in [0, 0.1) is 0 Å². The van der Waals surface area contributed by atoms with Gasteiger partial charge in [0.05, 0.1) is 22.4 Å². The van der Waals surface area contributed by atoms with Gasteiger partial charge in [-0.3, -0.25) is 0 Å². The topological polar surface area (TPSA) is 138 Å². The lowest BCUT2D eigenvalue weighted by molar-refractivity contribution is -0.130. The molecule has 0 amide bonds. The third-order valence-corrected chi connectivity index (χ3v) is 5.86. The molecule has 0 aliphatic heterocycles. The van der Waals surface area contributed by atoms with Crippen LogP contribution in [-0.4, -0.2) is 29.5 Å². The number of nitrogens with two attached hydrogens (primary N) is 1. The zero-order valence-electron chi connectivity index (χ0n) is 16.8. The molecule has 9 heteroatoms. The zero-order chi connectivity index (χ0) is 22.7. The molecule has 0 spiro atoms. The third kappa shape index (κ3) is 4.69. The molecule has 32 heavy (non-hydrogen) atoms. The number of hydrogen-bond acceptors (Lipinski definition) is 5. The number of rotatable bonds is 7. The minimum Gasteiger partial charge on any atom is -0.478 e. The van der Waals surface area contributed by atoms with Gasteiger partial charge in [0.15, 0.2) is 0 Å². The van der Waals surface area contributed by atoms with Crippen molar-refractivity contribution in [2.24, 2.45) is 5.14 Å². The Balaban J connectivity index is 1.59. The molecule has 4 rings (SSSR count). The van der Waals surface area contributed by atoms with Crippen LogP contribution in [0.5, 0.6) is 0 Å². The van der Waals surface area contributed by atoms with E-state index >= 15 is 0 Å². The first-order valence-corrected chi connectivity index (χ1v) is 11.2. The first-order chi connectivity index (χ1) is 15.3. The fourth-order valence-electron chi connectivity index (χ4n) is 3.28. The van der Waals surface area contributed by atoms with Crippen LogP contribution in [0.3, 0.4) is 0 Å². The molecule has 2 aromatic heterocycles. The zero-order valence-corrected chi connectivity index (χ0v) is 17.6. The van der Waals surface area contributed by atoms with Crippen molar-refractivity contribution in [3.05, 3.63) is 89.7 Å². The molecule has 5 N–H and O–H groups in total. The van der Waals surface area contributed by atoms with Gasteiger partial charge in [0, 0.05) is 23.7 Å². The number of nitrogens with one attached hydrogen (secondary N) is 2. The van der Waals surface area contributed by atoms with E-state index in [1.54, 1.807) is 54.9 Å². The lowest BCUT2D eigenvalue weighted by Gasteiger charge is -2.07. The maximum absolute atomic E-state index is 11.8. The molecule has 4 aromatic rings. The van der Waals surface area contributed by atoms with Crippen molar-refractivity contribution in [3.63, 3.8) is 0 Å². The van der Waals surface area contributed by atoms with Crippen LogP contribution in [-0.2, 0) is 21.4 Å².